The molecule has 1 aromatic rings. The molecule has 18 heavy (non-hydrogen) atoms. The molecular weight excluding hydrogens is 230 g/mol. The van der Waals surface area contributed by atoms with Crippen molar-refractivity contribution in [3.05, 3.63) is 18.1 Å². The van der Waals surface area contributed by atoms with Crippen LogP contribution in [-0.2, 0) is 0 Å². The molecule has 98 valence electrons. The van der Waals surface area contributed by atoms with Gasteiger partial charge in [-0.1, -0.05) is 19.3 Å². The van der Waals surface area contributed by atoms with Crippen LogP contribution in [0.3, 0.4) is 0 Å². The van der Waals surface area contributed by atoms with Crippen molar-refractivity contribution in [2.24, 2.45) is 11.7 Å². The SMILES string of the molecule is COc1nccnc1C(=O)C1CCCCCC1N. The van der Waals surface area contributed by atoms with Crippen molar-refractivity contribution in [3.8, 4) is 5.88 Å². The summed E-state index contributed by atoms with van der Waals surface area (Å²) in [6.07, 6.45) is 8.06. The molecule has 0 aromatic carbocycles. The Hall–Kier alpha value is -1.49. The van der Waals surface area contributed by atoms with Gasteiger partial charge in [0.25, 0.3) is 0 Å². The average Bonchev–Trinajstić information content (AvgIpc) is 2.62. The van der Waals surface area contributed by atoms with Crippen LogP contribution in [0.25, 0.3) is 0 Å². The van der Waals surface area contributed by atoms with Gasteiger partial charge in [-0.25, -0.2) is 9.97 Å². The summed E-state index contributed by atoms with van der Waals surface area (Å²) in [6.45, 7) is 0. The van der Waals surface area contributed by atoms with Crippen molar-refractivity contribution in [3.63, 3.8) is 0 Å². The number of carbonyl (C=O) groups is 1. The van der Waals surface area contributed by atoms with E-state index < -0.39 is 0 Å². The first-order chi connectivity index (χ1) is 8.74. The molecular formula is C13H19N3O2. The molecule has 5 nitrogen and oxygen atoms in total. The van der Waals surface area contributed by atoms with E-state index >= 15 is 0 Å². The molecule has 1 heterocycles. The molecule has 0 bridgehead atoms. The Labute approximate surface area is 107 Å². The first-order valence-electron chi connectivity index (χ1n) is 6.39. The second-order valence-corrected chi connectivity index (χ2v) is 4.69. The zero-order chi connectivity index (χ0) is 13.0. The molecule has 0 spiro atoms. The van der Waals surface area contributed by atoms with Crippen LogP contribution in [0, 0.1) is 5.92 Å². The van der Waals surface area contributed by atoms with Gasteiger partial charge in [0.2, 0.25) is 5.88 Å². The van der Waals surface area contributed by atoms with Gasteiger partial charge in [-0.2, -0.15) is 0 Å². The maximum Gasteiger partial charge on any atom is 0.243 e. The molecule has 1 aromatic heterocycles. The van der Waals surface area contributed by atoms with Gasteiger partial charge in [-0.05, 0) is 12.8 Å². The van der Waals surface area contributed by atoms with Gasteiger partial charge in [-0.15, -0.1) is 0 Å². The highest BCUT2D eigenvalue weighted by Crippen LogP contribution is 2.27. The lowest BCUT2D eigenvalue weighted by Crippen LogP contribution is -2.35. The Morgan fingerprint density at radius 2 is 2.00 bits per heavy atom. The van der Waals surface area contributed by atoms with Crippen molar-refractivity contribution >= 4 is 5.78 Å². The molecule has 2 unspecified atom stereocenters. The third-order valence-electron chi connectivity index (χ3n) is 3.50. The zero-order valence-corrected chi connectivity index (χ0v) is 10.6. The number of nitrogens with zero attached hydrogens (tertiary/aromatic N) is 2. The van der Waals surface area contributed by atoms with E-state index in [0.29, 0.717) is 11.6 Å². The Balaban J connectivity index is 2.23. The fourth-order valence-corrected chi connectivity index (χ4v) is 2.48. The van der Waals surface area contributed by atoms with Gasteiger partial charge in [0.1, 0.15) is 0 Å². The number of nitrogens with two attached hydrogens (primary N) is 1. The monoisotopic (exact) mass is 249 g/mol. The van der Waals surface area contributed by atoms with Gasteiger partial charge in [-0.3, -0.25) is 4.79 Å². The maximum atomic E-state index is 12.5. The summed E-state index contributed by atoms with van der Waals surface area (Å²) < 4.78 is 5.09. The number of ketones is 1. The van der Waals surface area contributed by atoms with E-state index in [2.05, 4.69) is 9.97 Å². The van der Waals surface area contributed by atoms with Crippen LogP contribution in [0.5, 0.6) is 5.88 Å². The third-order valence-corrected chi connectivity index (χ3v) is 3.50. The summed E-state index contributed by atoms with van der Waals surface area (Å²) in [5, 5.41) is 0. The molecule has 2 atom stereocenters. The summed E-state index contributed by atoms with van der Waals surface area (Å²) in [7, 11) is 1.49. The van der Waals surface area contributed by atoms with E-state index in [-0.39, 0.29) is 17.7 Å². The van der Waals surface area contributed by atoms with Gasteiger partial charge >= 0.3 is 0 Å². The number of aromatic nitrogens is 2. The van der Waals surface area contributed by atoms with E-state index in [1.807, 2.05) is 0 Å². The molecule has 0 amide bonds. The minimum atomic E-state index is -0.155. The smallest absolute Gasteiger partial charge is 0.243 e. The van der Waals surface area contributed by atoms with Crippen LogP contribution < -0.4 is 10.5 Å². The van der Waals surface area contributed by atoms with Crippen molar-refractivity contribution < 1.29 is 9.53 Å². The van der Waals surface area contributed by atoms with E-state index in [0.717, 1.165) is 32.1 Å². The Bertz CT molecular complexity index is 422. The summed E-state index contributed by atoms with van der Waals surface area (Å²) >= 11 is 0. The van der Waals surface area contributed by atoms with Crippen LogP contribution in [0.2, 0.25) is 0 Å². The first kappa shape index (κ1) is 13.0. The molecule has 0 saturated heterocycles. The number of methoxy groups -OCH3 is 1. The quantitative estimate of drug-likeness (QED) is 0.650. The lowest BCUT2D eigenvalue weighted by atomic mass is 9.89. The second kappa shape index (κ2) is 5.91. The van der Waals surface area contributed by atoms with Crippen molar-refractivity contribution in [2.75, 3.05) is 7.11 Å². The van der Waals surface area contributed by atoms with Crippen LogP contribution >= 0.6 is 0 Å². The number of hydrogen-bond acceptors (Lipinski definition) is 5. The van der Waals surface area contributed by atoms with Crippen LogP contribution in [0.15, 0.2) is 12.4 Å². The van der Waals surface area contributed by atoms with Gasteiger partial charge in [0.05, 0.1) is 7.11 Å². The summed E-state index contributed by atoms with van der Waals surface area (Å²) in [6, 6.07) is -0.0771. The topological polar surface area (TPSA) is 78.1 Å². The van der Waals surface area contributed by atoms with E-state index in [1.165, 1.54) is 19.5 Å². The Kier molecular flexibility index (Phi) is 4.25. The molecule has 1 saturated carbocycles. The second-order valence-electron chi connectivity index (χ2n) is 4.69. The standard InChI is InChI=1S/C13H19N3O2/c1-18-13-11(15-7-8-16-13)12(17)9-5-3-2-4-6-10(9)14/h7-10H,2-6,14H2,1H3. The van der Waals surface area contributed by atoms with E-state index in [4.69, 9.17) is 10.5 Å². The normalized spacial score (nSPS) is 24.3. The fraction of sp³-hybridized carbons (Fsp3) is 0.615. The van der Waals surface area contributed by atoms with Crippen molar-refractivity contribution in [2.45, 2.75) is 38.1 Å². The summed E-state index contributed by atoms with van der Waals surface area (Å²) in [5.74, 6) is 0.103. The third kappa shape index (κ3) is 2.67. The van der Waals surface area contributed by atoms with Crippen LogP contribution in [0.4, 0.5) is 0 Å². The maximum absolute atomic E-state index is 12.5. The van der Waals surface area contributed by atoms with Crippen molar-refractivity contribution in [1.29, 1.82) is 0 Å². The number of rotatable bonds is 3. The van der Waals surface area contributed by atoms with Crippen molar-refractivity contribution in [1.82, 2.24) is 9.97 Å². The van der Waals surface area contributed by atoms with E-state index in [1.54, 1.807) is 0 Å². The number of carbonyl (C=O) groups excluding carboxylic acids is 1. The van der Waals surface area contributed by atoms with Gasteiger partial charge in [0, 0.05) is 24.4 Å². The molecule has 1 aliphatic carbocycles. The Morgan fingerprint density at radius 1 is 1.28 bits per heavy atom. The molecule has 2 N–H and O–H groups in total. The molecule has 0 aliphatic heterocycles. The molecule has 5 heteroatoms. The van der Waals surface area contributed by atoms with E-state index in [9.17, 15) is 4.79 Å². The highest BCUT2D eigenvalue weighted by Gasteiger charge is 2.30. The minimum Gasteiger partial charge on any atom is -0.479 e. The highest BCUT2D eigenvalue weighted by molar-refractivity contribution is 5.98. The predicted octanol–water partition coefficient (Wildman–Crippen LogP) is 1.58. The lowest BCUT2D eigenvalue weighted by molar-refractivity contribution is 0.0885. The summed E-state index contributed by atoms with van der Waals surface area (Å²) in [4.78, 5) is 20.6. The lowest BCUT2D eigenvalue weighted by Gasteiger charge is -2.19. The largest absolute Gasteiger partial charge is 0.479 e. The number of Topliss-reactive ketones (excluding diaryl/α,β-unsaturated/α-hetero) is 1. The van der Waals surface area contributed by atoms with Gasteiger partial charge < -0.3 is 10.5 Å². The highest BCUT2D eigenvalue weighted by atomic mass is 16.5. The molecule has 1 aliphatic rings. The molecule has 2 rings (SSSR count). The average molecular weight is 249 g/mol. The number of hydrogen-bond donors (Lipinski definition) is 1. The fourth-order valence-electron chi connectivity index (χ4n) is 2.48. The molecule has 0 radical (unpaired) electrons. The van der Waals surface area contributed by atoms with Crippen LogP contribution in [0.1, 0.15) is 42.6 Å². The Morgan fingerprint density at radius 3 is 2.78 bits per heavy atom. The van der Waals surface area contributed by atoms with Gasteiger partial charge in [0.15, 0.2) is 11.5 Å². The summed E-state index contributed by atoms with van der Waals surface area (Å²) in [5.41, 5.74) is 6.41. The first-order valence-corrected chi connectivity index (χ1v) is 6.39. The zero-order valence-electron chi connectivity index (χ0n) is 10.6. The predicted molar refractivity (Wildman–Crippen MR) is 67.5 cm³/mol. The molecule has 1 fully saturated rings. The number of ether oxygens (including phenoxy) is 1. The minimum absolute atomic E-state index is 0.0330. The van der Waals surface area contributed by atoms with Crippen LogP contribution in [-0.4, -0.2) is 28.9 Å².